The van der Waals surface area contributed by atoms with Crippen molar-refractivity contribution >= 4 is 40.3 Å². The number of rotatable bonds is 3. The summed E-state index contributed by atoms with van der Waals surface area (Å²) in [6, 6.07) is 9.22. The van der Waals surface area contributed by atoms with Crippen molar-refractivity contribution in [3.8, 4) is 11.5 Å². The lowest BCUT2D eigenvalue weighted by molar-refractivity contribution is -0.145. The zero-order valence-corrected chi connectivity index (χ0v) is 16.5. The number of methoxy groups -OCH3 is 1. The number of esters is 1. The van der Waals surface area contributed by atoms with Crippen LogP contribution in [0.2, 0.25) is 5.02 Å². The van der Waals surface area contributed by atoms with Crippen LogP contribution in [0.25, 0.3) is 22.6 Å². The monoisotopic (exact) mass is 398 g/mol. The van der Waals surface area contributed by atoms with E-state index in [1.165, 1.54) is 7.11 Å². The molecule has 6 nitrogen and oxygen atoms in total. The van der Waals surface area contributed by atoms with Crippen LogP contribution in [0.4, 0.5) is 5.69 Å². The maximum Gasteiger partial charge on any atom is 0.311 e. The number of carbonyl (C=O) groups is 2. The number of carbonyl (C=O) groups excluding carboxylic acids is 2. The van der Waals surface area contributed by atoms with Crippen LogP contribution in [0.3, 0.4) is 0 Å². The van der Waals surface area contributed by atoms with E-state index in [4.69, 9.17) is 20.8 Å². The van der Waals surface area contributed by atoms with Gasteiger partial charge in [0.25, 0.3) is 0 Å². The van der Waals surface area contributed by atoms with Gasteiger partial charge < -0.3 is 14.1 Å². The predicted octanol–water partition coefficient (Wildman–Crippen LogP) is 4.29. The second kappa shape index (κ2) is 6.95. The topological polar surface area (TPSA) is 72.6 Å². The smallest absolute Gasteiger partial charge is 0.311 e. The Morgan fingerprint density at radius 2 is 2.07 bits per heavy atom. The molecule has 1 saturated heterocycles. The summed E-state index contributed by atoms with van der Waals surface area (Å²) in [7, 11) is 1.33. The minimum absolute atomic E-state index is 0.131. The summed E-state index contributed by atoms with van der Waals surface area (Å²) in [6.07, 6.45) is 0.131. The summed E-state index contributed by atoms with van der Waals surface area (Å²) in [6.45, 7) is 4.25. The number of nitrogens with zero attached hydrogens (tertiary/aromatic N) is 2. The van der Waals surface area contributed by atoms with Crippen LogP contribution in [0, 0.1) is 19.8 Å². The van der Waals surface area contributed by atoms with Crippen molar-refractivity contribution in [3.05, 3.63) is 46.5 Å². The highest BCUT2D eigenvalue weighted by Crippen LogP contribution is 2.36. The molecule has 0 aliphatic carbocycles. The summed E-state index contributed by atoms with van der Waals surface area (Å²) in [4.78, 5) is 30.3. The van der Waals surface area contributed by atoms with Gasteiger partial charge in [-0.05, 0) is 49.2 Å². The Bertz CT molecular complexity index is 1110. The lowest BCUT2D eigenvalue weighted by Crippen LogP contribution is -2.26. The van der Waals surface area contributed by atoms with E-state index < -0.39 is 5.92 Å². The number of amides is 1. The predicted molar refractivity (Wildman–Crippen MR) is 106 cm³/mol. The third kappa shape index (κ3) is 3.14. The van der Waals surface area contributed by atoms with Gasteiger partial charge >= 0.3 is 5.97 Å². The fourth-order valence-electron chi connectivity index (χ4n) is 3.62. The van der Waals surface area contributed by atoms with Gasteiger partial charge in [-0.2, -0.15) is 0 Å². The van der Waals surface area contributed by atoms with E-state index >= 15 is 0 Å². The Morgan fingerprint density at radius 1 is 1.29 bits per heavy atom. The van der Waals surface area contributed by atoms with Gasteiger partial charge in [-0.25, -0.2) is 4.98 Å². The van der Waals surface area contributed by atoms with Crippen LogP contribution >= 0.6 is 11.6 Å². The number of aromatic nitrogens is 1. The molecule has 1 amide bonds. The molecule has 1 aliphatic rings. The lowest BCUT2D eigenvalue weighted by Gasteiger charge is -2.17. The number of ether oxygens (including phenoxy) is 1. The van der Waals surface area contributed by atoms with Gasteiger partial charge in [0.2, 0.25) is 11.8 Å². The molecule has 2 aromatic carbocycles. The summed E-state index contributed by atoms with van der Waals surface area (Å²) >= 11 is 6.40. The third-order valence-corrected chi connectivity index (χ3v) is 5.30. The zero-order chi connectivity index (χ0) is 20.0. The summed E-state index contributed by atoms with van der Waals surface area (Å²) in [5, 5.41) is 0.473. The molecule has 4 rings (SSSR count). The van der Waals surface area contributed by atoms with E-state index in [2.05, 4.69) is 4.98 Å². The SMILES string of the molecule is COC(=O)[C@H]1CC(=O)N(c2ccc(Cl)c(-c3nc4cc(C)cc(C)c4o3)c2)C1. The lowest BCUT2D eigenvalue weighted by atomic mass is 10.1. The molecule has 3 aromatic rings. The van der Waals surface area contributed by atoms with Crippen molar-refractivity contribution in [2.45, 2.75) is 20.3 Å². The molecule has 1 fully saturated rings. The number of halogens is 1. The molecular formula is C21H19ClN2O4. The molecule has 144 valence electrons. The Balaban J connectivity index is 1.73. The highest BCUT2D eigenvalue weighted by atomic mass is 35.5. The molecule has 0 spiro atoms. The first kappa shape index (κ1) is 18.5. The number of fused-ring (bicyclic) bond motifs is 1. The first-order chi connectivity index (χ1) is 13.4. The number of oxazole rings is 1. The van der Waals surface area contributed by atoms with Crippen LogP contribution in [0.5, 0.6) is 0 Å². The molecular weight excluding hydrogens is 380 g/mol. The van der Waals surface area contributed by atoms with Gasteiger partial charge in [-0.15, -0.1) is 0 Å². The van der Waals surface area contributed by atoms with Crippen molar-refractivity contribution in [2.24, 2.45) is 5.92 Å². The van der Waals surface area contributed by atoms with Crippen LogP contribution in [-0.2, 0) is 14.3 Å². The molecule has 28 heavy (non-hydrogen) atoms. The van der Waals surface area contributed by atoms with Gasteiger partial charge in [-0.1, -0.05) is 17.7 Å². The minimum atomic E-state index is -0.466. The summed E-state index contributed by atoms with van der Waals surface area (Å²) in [5.41, 5.74) is 4.81. The maximum absolute atomic E-state index is 12.4. The second-order valence-electron chi connectivity index (χ2n) is 7.04. The molecule has 2 heterocycles. The molecule has 1 atom stereocenters. The standard InChI is InChI=1S/C21H19ClN2O4/c1-11-6-12(2)19-17(7-11)23-20(28-19)15-9-14(4-5-16(15)22)24-10-13(8-18(24)25)21(26)27-3/h4-7,9,13H,8,10H2,1-3H3/t13-/m0/s1. The van der Waals surface area contributed by atoms with E-state index in [-0.39, 0.29) is 24.8 Å². The fraction of sp³-hybridized carbons (Fsp3) is 0.286. The molecule has 7 heteroatoms. The number of hydrogen-bond donors (Lipinski definition) is 0. The first-order valence-electron chi connectivity index (χ1n) is 8.93. The number of benzene rings is 2. The van der Waals surface area contributed by atoms with Gasteiger partial charge in [0.05, 0.1) is 23.6 Å². The molecule has 0 unspecified atom stereocenters. The van der Waals surface area contributed by atoms with Crippen molar-refractivity contribution in [2.75, 3.05) is 18.6 Å². The minimum Gasteiger partial charge on any atom is -0.469 e. The van der Waals surface area contributed by atoms with E-state index in [9.17, 15) is 9.59 Å². The molecule has 0 radical (unpaired) electrons. The van der Waals surface area contributed by atoms with E-state index in [1.807, 2.05) is 26.0 Å². The molecule has 0 bridgehead atoms. The fourth-order valence-corrected chi connectivity index (χ4v) is 3.82. The van der Waals surface area contributed by atoms with Gasteiger partial charge in [-0.3, -0.25) is 9.59 Å². The summed E-state index contributed by atoms with van der Waals surface area (Å²) < 4.78 is 10.7. The van der Waals surface area contributed by atoms with Crippen LogP contribution in [0.15, 0.2) is 34.7 Å². The Hall–Kier alpha value is -2.86. The van der Waals surface area contributed by atoms with E-state index in [0.29, 0.717) is 27.7 Å². The number of aryl methyl sites for hydroxylation is 2. The third-order valence-electron chi connectivity index (χ3n) is 4.97. The number of hydrogen-bond acceptors (Lipinski definition) is 5. The van der Waals surface area contributed by atoms with Crippen LogP contribution in [0.1, 0.15) is 17.5 Å². The number of anilines is 1. The average molecular weight is 399 g/mol. The molecule has 0 saturated carbocycles. The maximum atomic E-state index is 12.4. The molecule has 0 N–H and O–H groups in total. The van der Waals surface area contributed by atoms with Crippen molar-refractivity contribution in [1.29, 1.82) is 0 Å². The van der Waals surface area contributed by atoms with Gasteiger partial charge in [0.15, 0.2) is 5.58 Å². The van der Waals surface area contributed by atoms with Gasteiger partial charge in [0, 0.05) is 18.7 Å². The van der Waals surface area contributed by atoms with Crippen molar-refractivity contribution in [3.63, 3.8) is 0 Å². The normalized spacial score (nSPS) is 16.8. The molecule has 1 aliphatic heterocycles. The van der Waals surface area contributed by atoms with E-state index in [1.54, 1.807) is 23.1 Å². The Morgan fingerprint density at radius 3 is 2.82 bits per heavy atom. The largest absolute Gasteiger partial charge is 0.469 e. The van der Waals surface area contributed by atoms with Crippen LogP contribution in [-0.4, -0.2) is 30.5 Å². The van der Waals surface area contributed by atoms with Gasteiger partial charge in [0.1, 0.15) is 5.52 Å². The Kier molecular flexibility index (Phi) is 4.59. The van der Waals surface area contributed by atoms with Crippen molar-refractivity contribution in [1.82, 2.24) is 4.98 Å². The second-order valence-corrected chi connectivity index (χ2v) is 7.45. The van der Waals surface area contributed by atoms with Crippen LogP contribution < -0.4 is 4.90 Å². The zero-order valence-electron chi connectivity index (χ0n) is 15.8. The molecule has 1 aromatic heterocycles. The highest BCUT2D eigenvalue weighted by Gasteiger charge is 2.36. The first-order valence-corrected chi connectivity index (χ1v) is 9.31. The highest BCUT2D eigenvalue weighted by molar-refractivity contribution is 6.33. The Labute approximate surface area is 167 Å². The van der Waals surface area contributed by atoms with Crippen molar-refractivity contribution < 1.29 is 18.7 Å². The quantitative estimate of drug-likeness (QED) is 0.615. The van der Waals surface area contributed by atoms with E-state index in [0.717, 1.165) is 16.6 Å². The summed E-state index contributed by atoms with van der Waals surface area (Å²) in [5.74, 6) is -0.583. The average Bonchev–Trinajstić information content (AvgIpc) is 3.25.